The van der Waals surface area contributed by atoms with Crippen LogP contribution in [0.2, 0.25) is 10.0 Å². The third-order valence-electron chi connectivity index (χ3n) is 5.45. The Hall–Kier alpha value is -2.52. The minimum absolute atomic E-state index is 0.0418. The molecule has 0 radical (unpaired) electrons. The highest BCUT2D eigenvalue weighted by Crippen LogP contribution is 2.32. The Kier molecular flexibility index (Phi) is 8.62. The van der Waals surface area contributed by atoms with Crippen molar-refractivity contribution >= 4 is 68.1 Å². The van der Waals surface area contributed by atoms with Gasteiger partial charge < -0.3 is 10.1 Å². The Morgan fingerprint density at radius 3 is 2.58 bits per heavy atom. The van der Waals surface area contributed by atoms with Gasteiger partial charge in [-0.1, -0.05) is 48.3 Å². The van der Waals surface area contributed by atoms with Crippen LogP contribution in [0, 0.1) is 6.92 Å². The molecular formula is C26H25Cl2N3O3S2. The Balaban J connectivity index is 1.71. The topological polar surface area (TPSA) is 73.2 Å². The molecule has 0 aliphatic carbocycles. The van der Waals surface area contributed by atoms with Crippen LogP contribution in [0.1, 0.15) is 30.7 Å². The second-order valence-electron chi connectivity index (χ2n) is 8.00. The zero-order valence-corrected chi connectivity index (χ0v) is 23.2. The molecule has 0 bridgehead atoms. The number of aromatic nitrogens is 2. The highest BCUT2D eigenvalue weighted by Gasteiger charge is 2.20. The van der Waals surface area contributed by atoms with E-state index in [1.54, 1.807) is 34.1 Å². The Labute approximate surface area is 227 Å². The van der Waals surface area contributed by atoms with Crippen molar-refractivity contribution in [3.63, 3.8) is 0 Å². The van der Waals surface area contributed by atoms with E-state index in [2.05, 4.69) is 12.2 Å². The number of carbonyl (C=O) groups excluding carboxylic acids is 1. The summed E-state index contributed by atoms with van der Waals surface area (Å²) in [5, 5.41) is 4.69. The molecule has 0 saturated heterocycles. The summed E-state index contributed by atoms with van der Waals surface area (Å²) in [5.74, 6) is 0.486. The second-order valence-corrected chi connectivity index (χ2v) is 10.9. The third-order valence-corrected chi connectivity index (χ3v) is 8.18. The average Bonchev–Trinajstić information content (AvgIpc) is 3.16. The number of amides is 1. The summed E-state index contributed by atoms with van der Waals surface area (Å²) in [5.41, 5.74) is 1.95. The fourth-order valence-corrected chi connectivity index (χ4v) is 6.35. The van der Waals surface area contributed by atoms with Crippen LogP contribution in [0.4, 0.5) is 5.69 Å². The van der Waals surface area contributed by atoms with Gasteiger partial charge in [-0.15, -0.1) is 11.3 Å². The molecule has 0 unspecified atom stereocenters. The number of thiophene rings is 1. The second kappa shape index (κ2) is 11.7. The van der Waals surface area contributed by atoms with Gasteiger partial charge in [0.15, 0.2) is 5.16 Å². The Morgan fingerprint density at radius 1 is 1.17 bits per heavy atom. The third kappa shape index (κ3) is 5.72. The van der Waals surface area contributed by atoms with Gasteiger partial charge in [0, 0.05) is 9.90 Å². The lowest BCUT2D eigenvalue weighted by molar-refractivity contribution is -0.113. The predicted octanol–water partition coefficient (Wildman–Crippen LogP) is 7.14. The van der Waals surface area contributed by atoms with Crippen molar-refractivity contribution in [3.05, 3.63) is 73.3 Å². The molecule has 1 amide bonds. The zero-order valence-electron chi connectivity index (χ0n) is 20.1. The average molecular weight is 563 g/mol. The van der Waals surface area contributed by atoms with Crippen molar-refractivity contribution in [2.45, 2.75) is 38.8 Å². The number of hydrogen-bond donors (Lipinski definition) is 1. The van der Waals surface area contributed by atoms with Crippen molar-refractivity contribution < 1.29 is 9.53 Å². The number of benzene rings is 2. The van der Waals surface area contributed by atoms with E-state index in [1.165, 1.54) is 11.8 Å². The summed E-state index contributed by atoms with van der Waals surface area (Å²) in [7, 11) is 0. The van der Waals surface area contributed by atoms with Gasteiger partial charge in [0.05, 0.1) is 34.1 Å². The van der Waals surface area contributed by atoms with E-state index < -0.39 is 0 Å². The largest absolute Gasteiger partial charge is 0.494 e. The van der Waals surface area contributed by atoms with Crippen LogP contribution in [-0.4, -0.2) is 27.8 Å². The number of nitrogens with one attached hydrogen (secondary N) is 1. The van der Waals surface area contributed by atoms with Gasteiger partial charge >= 0.3 is 0 Å². The van der Waals surface area contributed by atoms with Gasteiger partial charge in [-0.2, -0.15) is 0 Å². The van der Waals surface area contributed by atoms with Crippen molar-refractivity contribution in [3.8, 4) is 11.4 Å². The lowest BCUT2D eigenvalue weighted by atomic mass is 10.1. The quantitative estimate of drug-likeness (QED) is 0.173. The lowest BCUT2D eigenvalue weighted by Crippen LogP contribution is -2.23. The molecule has 0 saturated carbocycles. The minimum atomic E-state index is -0.272. The first-order valence-corrected chi connectivity index (χ1v) is 14.0. The van der Waals surface area contributed by atoms with Gasteiger partial charge in [-0.05, 0) is 68.3 Å². The van der Waals surface area contributed by atoms with Crippen LogP contribution in [-0.2, 0) is 11.2 Å². The van der Waals surface area contributed by atoms with E-state index in [9.17, 15) is 9.59 Å². The van der Waals surface area contributed by atoms with Gasteiger partial charge in [0.25, 0.3) is 5.56 Å². The number of hydrogen-bond acceptors (Lipinski definition) is 6. The number of ether oxygens (including phenoxy) is 1. The highest BCUT2D eigenvalue weighted by molar-refractivity contribution is 7.99. The van der Waals surface area contributed by atoms with E-state index in [-0.39, 0.29) is 17.2 Å². The number of fused-ring (bicyclic) bond motifs is 1. The number of nitrogens with zero attached hydrogens (tertiary/aromatic N) is 2. The highest BCUT2D eigenvalue weighted by atomic mass is 35.5. The SMILES string of the molecule is CCCc1sc2nc(SCC(=O)Nc3ccc(Cl)cc3Cl)n(-c3ccc(OCC)cc3)c(=O)c2c1C. The summed E-state index contributed by atoms with van der Waals surface area (Å²) in [6.07, 6.45) is 1.87. The van der Waals surface area contributed by atoms with E-state index in [0.717, 1.165) is 23.3 Å². The number of anilines is 1. The summed E-state index contributed by atoms with van der Waals surface area (Å²) >= 11 is 14.9. The summed E-state index contributed by atoms with van der Waals surface area (Å²) in [6, 6.07) is 12.2. The maximum absolute atomic E-state index is 13.8. The number of aryl methyl sites for hydroxylation is 2. The molecule has 188 valence electrons. The van der Waals surface area contributed by atoms with E-state index in [1.807, 2.05) is 38.1 Å². The van der Waals surface area contributed by atoms with Crippen molar-refractivity contribution in [1.29, 1.82) is 0 Å². The fourth-order valence-electron chi connectivity index (χ4n) is 3.77. The molecule has 0 fully saturated rings. The van der Waals surface area contributed by atoms with E-state index in [4.69, 9.17) is 32.9 Å². The first kappa shape index (κ1) is 26.5. The molecule has 1 N–H and O–H groups in total. The first-order valence-electron chi connectivity index (χ1n) is 11.5. The normalized spacial score (nSPS) is 11.1. The zero-order chi connectivity index (χ0) is 25.8. The van der Waals surface area contributed by atoms with Crippen LogP contribution >= 0.6 is 46.3 Å². The van der Waals surface area contributed by atoms with Crippen LogP contribution in [0.3, 0.4) is 0 Å². The maximum atomic E-state index is 13.8. The summed E-state index contributed by atoms with van der Waals surface area (Å²) in [4.78, 5) is 33.2. The predicted molar refractivity (Wildman–Crippen MR) is 151 cm³/mol. The number of carbonyl (C=O) groups is 1. The monoisotopic (exact) mass is 561 g/mol. The molecule has 2 aromatic carbocycles. The van der Waals surface area contributed by atoms with Gasteiger partial charge in [-0.25, -0.2) is 4.98 Å². The van der Waals surface area contributed by atoms with Gasteiger partial charge in [0.1, 0.15) is 10.6 Å². The Bertz CT molecular complexity index is 1470. The van der Waals surface area contributed by atoms with E-state index >= 15 is 0 Å². The molecule has 6 nitrogen and oxygen atoms in total. The number of rotatable bonds is 9. The Morgan fingerprint density at radius 2 is 1.92 bits per heavy atom. The summed E-state index contributed by atoms with van der Waals surface area (Å²) in [6.45, 7) is 6.56. The van der Waals surface area contributed by atoms with Crippen molar-refractivity contribution in [2.75, 3.05) is 17.7 Å². The number of halogens is 2. The van der Waals surface area contributed by atoms with Gasteiger partial charge in [0.2, 0.25) is 5.91 Å². The lowest BCUT2D eigenvalue weighted by Gasteiger charge is -2.13. The molecule has 10 heteroatoms. The molecule has 36 heavy (non-hydrogen) atoms. The standard InChI is InChI=1S/C26H25Cl2N3O3S2/c1-4-6-21-15(3)23-24(36-21)30-26(31(25(23)33)17-8-10-18(11-9-17)34-5-2)35-14-22(32)29-20-12-7-16(27)13-19(20)28/h7-13H,4-6,14H2,1-3H3,(H,29,32). The molecule has 0 aliphatic heterocycles. The van der Waals surface area contributed by atoms with Crippen LogP contribution in [0.5, 0.6) is 5.75 Å². The molecule has 0 aliphatic rings. The van der Waals surface area contributed by atoms with Crippen LogP contribution < -0.4 is 15.6 Å². The summed E-state index contributed by atoms with van der Waals surface area (Å²) < 4.78 is 7.12. The fraction of sp³-hybridized carbons (Fsp3) is 0.269. The smallest absolute Gasteiger partial charge is 0.267 e. The number of thioether (sulfide) groups is 1. The molecule has 2 aromatic heterocycles. The first-order chi connectivity index (χ1) is 17.3. The molecule has 4 rings (SSSR count). The molecular weight excluding hydrogens is 537 g/mol. The van der Waals surface area contributed by atoms with Crippen LogP contribution in [0.15, 0.2) is 52.4 Å². The van der Waals surface area contributed by atoms with E-state index in [0.29, 0.717) is 49.1 Å². The molecule has 2 heterocycles. The van der Waals surface area contributed by atoms with Crippen molar-refractivity contribution in [1.82, 2.24) is 9.55 Å². The molecule has 4 aromatic rings. The molecule has 0 spiro atoms. The minimum Gasteiger partial charge on any atom is -0.494 e. The van der Waals surface area contributed by atoms with Crippen molar-refractivity contribution in [2.24, 2.45) is 0 Å². The van der Waals surface area contributed by atoms with Gasteiger partial charge in [-0.3, -0.25) is 14.2 Å². The van der Waals surface area contributed by atoms with Crippen LogP contribution in [0.25, 0.3) is 15.9 Å². The molecule has 0 atom stereocenters. The maximum Gasteiger partial charge on any atom is 0.267 e.